The molecule has 34 heavy (non-hydrogen) atoms. The maximum atomic E-state index is 12.9. The Morgan fingerprint density at radius 1 is 1.12 bits per heavy atom. The number of benzene rings is 1. The van der Waals surface area contributed by atoms with Gasteiger partial charge in [-0.1, -0.05) is 27.5 Å². The highest BCUT2D eigenvalue weighted by Crippen LogP contribution is 2.46. The van der Waals surface area contributed by atoms with Crippen molar-refractivity contribution in [3.63, 3.8) is 0 Å². The second kappa shape index (κ2) is 9.96. The first-order valence-electron chi connectivity index (χ1n) is 11.5. The number of halogens is 3. The van der Waals surface area contributed by atoms with Gasteiger partial charge in [0.2, 0.25) is 5.91 Å². The summed E-state index contributed by atoms with van der Waals surface area (Å²) in [6.07, 6.45) is 8.76. The van der Waals surface area contributed by atoms with Crippen molar-refractivity contribution in [3.8, 4) is 0 Å². The third-order valence-corrected chi connectivity index (χ3v) is 8.32. The summed E-state index contributed by atoms with van der Waals surface area (Å²) >= 11 is 13.8. The van der Waals surface area contributed by atoms with Crippen molar-refractivity contribution < 1.29 is 9.52 Å². The Hall–Kier alpha value is -1.96. The molecular formula is C26H24Br2ClN3O2. The quantitative estimate of drug-likeness (QED) is 0.288. The average molecular weight is 606 g/mol. The van der Waals surface area contributed by atoms with Crippen LogP contribution in [0.5, 0.6) is 0 Å². The molecule has 176 valence electrons. The molecular weight excluding hydrogens is 582 g/mol. The van der Waals surface area contributed by atoms with Gasteiger partial charge in [0.15, 0.2) is 12.4 Å². The fourth-order valence-corrected chi connectivity index (χ4v) is 6.86. The fraction of sp³-hybridized carbons (Fsp3) is 0.346. The minimum absolute atomic E-state index is 0.110. The first-order chi connectivity index (χ1) is 16.4. The summed E-state index contributed by atoms with van der Waals surface area (Å²) in [5, 5.41) is 12.0. The van der Waals surface area contributed by atoms with Gasteiger partial charge in [0.25, 0.3) is 0 Å². The second-order valence-electron chi connectivity index (χ2n) is 9.10. The molecule has 0 N–H and O–H groups in total. The maximum absolute atomic E-state index is 12.9. The molecule has 8 heteroatoms. The molecule has 1 saturated heterocycles. The number of nitrogens with zero attached hydrogens (tertiary/aromatic N) is 3. The molecule has 1 aromatic carbocycles. The van der Waals surface area contributed by atoms with E-state index in [0.29, 0.717) is 12.3 Å². The number of carbonyl (C=O) groups excluding carboxylic acids is 1. The predicted molar refractivity (Wildman–Crippen MR) is 139 cm³/mol. The lowest BCUT2D eigenvalue weighted by Gasteiger charge is -2.37. The molecule has 2 aromatic heterocycles. The molecule has 0 saturated carbocycles. The van der Waals surface area contributed by atoms with E-state index in [-0.39, 0.29) is 11.8 Å². The van der Waals surface area contributed by atoms with Crippen molar-refractivity contribution in [3.05, 3.63) is 96.0 Å². The Morgan fingerprint density at radius 2 is 1.82 bits per heavy atom. The van der Waals surface area contributed by atoms with Gasteiger partial charge in [0.05, 0.1) is 12.1 Å². The molecule has 1 amide bonds. The van der Waals surface area contributed by atoms with Crippen molar-refractivity contribution >= 4 is 49.4 Å². The van der Waals surface area contributed by atoms with Gasteiger partial charge in [0, 0.05) is 51.3 Å². The van der Waals surface area contributed by atoms with Gasteiger partial charge >= 0.3 is 0 Å². The van der Waals surface area contributed by atoms with Crippen molar-refractivity contribution in [1.29, 1.82) is 0 Å². The zero-order valence-corrected chi connectivity index (χ0v) is 22.4. The van der Waals surface area contributed by atoms with Crippen LogP contribution in [0.4, 0.5) is 0 Å². The van der Waals surface area contributed by atoms with Crippen LogP contribution in [0.15, 0.2) is 57.9 Å². The van der Waals surface area contributed by atoms with E-state index in [2.05, 4.69) is 44.0 Å². The van der Waals surface area contributed by atoms with Crippen LogP contribution in [-0.4, -0.2) is 28.9 Å². The van der Waals surface area contributed by atoms with Gasteiger partial charge in [-0.25, -0.2) is 0 Å². The van der Waals surface area contributed by atoms with Crippen molar-refractivity contribution in [2.24, 2.45) is 5.92 Å². The molecule has 0 spiro atoms. The molecule has 1 fully saturated rings. The second-order valence-corrected chi connectivity index (χ2v) is 11.3. The van der Waals surface area contributed by atoms with E-state index < -0.39 is 0 Å². The zero-order chi connectivity index (χ0) is 23.8. The lowest BCUT2D eigenvalue weighted by atomic mass is 9.76. The van der Waals surface area contributed by atoms with Crippen LogP contribution >= 0.6 is 43.5 Å². The predicted octanol–water partition coefficient (Wildman–Crippen LogP) is 5.61. The van der Waals surface area contributed by atoms with Gasteiger partial charge in [-0.2, -0.15) is 4.73 Å². The van der Waals surface area contributed by atoms with E-state index in [1.165, 1.54) is 29.1 Å². The molecule has 5 nitrogen and oxygen atoms in total. The first kappa shape index (κ1) is 23.8. The summed E-state index contributed by atoms with van der Waals surface area (Å²) in [6, 6.07) is 9.70. The van der Waals surface area contributed by atoms with E-state index in [4.69, 9.17) is 16.6 Å². The molecule has 0 unspecified atom stereocenters. The number of likely N-dealkylation sites (tertiary alicyclic amines) is 1. The number of carbonyl (C=O) groups is 1. The normalized spacial score (nSPS) is 18.2. The van der Waals surface area contributed by atoms with Crippen LogP contribution in [0, 0.1) is 11.1 Å². The molecule has 0 radical (unpaired) electrons. The van der Waals surface area contributed by atoms with Crippen molar-refractivity contribution in [2.75, 3.05) is 13.1 Å². The fourth-order valence-electron chi connectivity index (χ4n) is 5.36. The van der Waals surface area contributed by atoms with E-state index in [1.807, 2.05) is 17.2 Å². The molecule has 0 bridgehead atoms. The van der Waals surface area contributed by atoms with E-state index in [1.54, 1.807) is 12.1 Å². The number of fused-ring (bicyclic) bond motifs is 2. The molecule has 2 aliphatic rings. The van der Waals surface area contributed by atoms with Gasteiger partial charge < -0.3 is 10.1 Å². The third-order valence-electron chi connectivity index (χ3n) is 7.01. The Balaban J connectivity index is 1.40. The Morgan fingerprint density at radius 3 is 2.56 bits per heavy atom. The van der Waals surface area contributed by atoms with Crippen molar-refractivity contribution in [2.45, 2.75) is 38.0 Å². The Bertz CT molecular complexity index is 1230. The van der Waals surface area contributed by atoms with Gasteiger partial charge in [0.1, 0.15) is 0 Å². The lowest BCUT2D eigenvalue weighted by Crippen LogP contribution is -2.41. The number of rotatable bonds is 3. The molecule has 1 aliphatic carbocycles. The monoisotopic (exact) mass is 603 g/mol. The minimum atomic E-state index is 0.110. The lowest BCUT2D eigenvalue weighted by molar-refractivity contribution is -0.605. The van der Waals surface area contributed by atoms with Gasteiger partial charge in [-0.3, -0.25) is 9.78 Å². The zero-order valence-electron chi connectivity index (χ0n) is 18.5. The molecule has 3 aromatic rings. The number of aryl methyl sites for hydroxylation is 2. The number of hydrogen-bond acceptors (Lipinski definition) is 3. The largest absolute Gasteiger partial charge is 0.619 e. The average Bonchev–Trinajstić information content (AvgIpc) is 2.97. The highest BCUT2D eigenvalue weighted by Gasteiger charge is 2.36. The van der Waals surface area contributed by atoms with Crippen LogP contribution < -0.4 is 4.73 Å². The maximum Gasteiger partial charge on any atom is 0.226 e. The van der Waals surface area contributed by atoms with Gasteiger partial charge in [-0.15, -0.1) is 0 Å². The SMILES string of the molecule is O=C(Cc1cc[n+]([O-])cc1)N1CCC([C@H]2c3ncc(Br)cc3CCc3cc(Cl)cc(Br)c32)CC1. The minimum Gasteiger partial charge on any atom is -0.619 e. The standard InChI is InChI=1S/C26H24Br2ClN3O2/c27-20-12-19-2-1-18-13-21(29)14-22(28)24(18)25(26(19)30-15-20)17-5-7-31(8-6-17)23(33)11-16-3-9-32(34)10-4-16/h3-4,9-10,12-15,17,25H,1-2,5-8,11H2/t25-/m1/s1. The summed E-state index contributed by atoms with van der Waals surface area (Å²) in [5.74, 6) is 0.645. The van der Waals surface area contributed by atoms with Crippen LogP contribution in [0.25, 0.3) is 0 Å². The van der Waals surface area contributed by atoms with Crippen LogP contribution in [-0.2, 0) is 24.1 Å². The number of pyridine rings is 2. The third kappa shape index (κ3) is 4.88. The summed E-state index contributed by atoms with van der Waals surface area (Å²) in [7, 11) is 0. The highest BCUT2D eigenvalue weighted by molar-refractivity contribution is 9.10. The molecule has 3 heterocycles. The summed E-state index contributed by atoms with van der Waals surface area (Å²) in [5.41, 5.74) is 5.85. The summed E-state index contributed by atoms with van der Waals surface area (Å²) < 4.78 is 2.77. The smallest absolute Gasteiger partial charge is 0.226 e. The van der Waals surface area contributed by atoms with Crippen LogP contribution in [0.1, 0.15) is 46.7 Å². The number of aromatic nitrogens is 2. The topological polar surface area (TPSA) is 60.1 Å². The molecule has 5 rings (SSSR count). The van der Waals surface area contributed by atoms with Gasteiger partial charge in [-0.05, 0) is 88.0 Å². The molecule has 1 aliphatic heterocycles. The highest BCUT2D eigenvalue weighted by atomic mass is 79.9. The number of piperidine rings is 1. The first-order valence-corrected chi connectivity index (χ1v) is 13.4. The van der Waals surface area contributed by atoms with Crippen molar-refractivity contribution in [1.82, 2.24) is 9.88 Å². The van der Waals surface area contributed by atoms with Crippen LogP contribution in [0.3, 0.4) is 0 Å². The van der Waals surface area contributed by atoms with E-state index in [9.17, 15) is 10.0 Å². The number of hydrogen-bond donors (Lipinski definition) is 0. The Labute approximate surface area is 221 Å². The molecule has 1 atom stereocenters. The van der Waals surface area contributed by atoms with Crippen LogP contribution in [0.2, 0.25) is 5.02 Å². The number of amides is 1. The van der Waals surface area contributed by atoms with E-state index in [0.717, 1.165) is 68.7 Å². The summed E-state index contributed by atoms with van der Waals surface area (Å²) in [6.45, 7) is 1.45. The summed E-state index contributed by atoms with van der Waals surface area (Å²) in [4.78, 5) is 19.8. The Kier molecular flexibility index (Phi) is 6.96. The van der Waals surface area contributed by atoms with E-state index >= 15 is 0 Å².